The van der Waals surface area contributed by atoms with Crippen LogP contribution in [0.2, 0.25) is 0 Å². The lowest BCUT2D eigenvalue weighted by Gasteiger charge is -1.63. The van der Waals surface area contributed by atoms with Gasteiger partial charge in [-0.05, 0) is 29.5 Å². The molecule has 0 saturated heterocycles. The van der Waals surface area contributed by atoms with Crippen LogP contribution in [0.25, 0.3) is 0 Å². The standard InChI is InChI=1S/C4H5I/c1-3-4(2)5/h1H2,2H3. The Labute approximate surface area is 45.7 Å². The first-order valence-electron chi connectivity index (χ1n) is 1.29. The Bertz CT molecular complexity index is 63.7. The highest BCUT2D eigenvalue weighted by Gasteiger charge is 1.60. The van der Waals surface area contributed by atoms with E-state index < -0.39 is 0 Å². The highest BCUT2D eigenvalue weighted by molar-refractivity contribution is 14.1. The van der Waals surface area contributed by atoms with E-state index >= 15 is 0 Å². The lowest BCUT2D eigenvalue weighted by molar-refractivity contribution is 1.76. The normalized spacial score (nSPS) is 6.00. The van der Waals surface area contributed by atoms with Crippen molar-refractivity contribution in [3.8, 4) is 0 Å². The van der Waals surface area contributed by atoms with E-state index in [4.69, 9.17) is 0 Å². The Hall–Kier alpha value is 0.250. The van der Waals surface area contributed by atoms with Gasteiger partial charge in [-0.15, -0.1) is 5.73 Å². The van der Waals surface area contributed by atoms with Crippen molar-refractivity contribution in [3.63, 3.8) is 0 Å². The second-order valence-electron chi connectivity index (χ2n) is 0.710. The van der Waals surface area contributed by atoms with Crippen molar-refractivity contribution < 1.29 is 0 Å². The van der Waals surface area contributed by atoms with Gasteiger partial charge >= 0.3 is 0 Å². The molecule has 0 unspecified atom stereocenters. The molecule has 0 aliphatic rings. The van der Waals surface area contributed by atoms with Gasteiger partial charge in [-0.2, -0.15) is 0 Å². The summed E-state index contributed by atoms with van der Waals surface area (Å²) in [5, 5.41) is 0. The van der Waals surface area contributed by atoms with Crippen molar-refractivity contribution in [3.05, 3.63) is 15.9 Å². The van der Waals surface area contributed by atoms with Gasteiger partial charge < -0.3 is 0 Å². The van der Waals surface area contributed by atoms with E-state index in [0.717, 1.165) is 3.58 Å². The van der Waals surface area contributed by atoms with E-state index in [2.05, 4.69) is 34.9 Å². The molecule has 28 valence electrons. The SMILES string of the molecule is C=C=C(C)I. The Balaban J connectivity index is 3.60. The lowest BCUT2D eigenvalue weighted by atomic mass is 10.7. The van der Waals surface area contributed by atoms with Crippen LogP contribution in [-0.2, 0) is 0 Å². The third-order valence-electron chi connectivity index (χ3n) is 0.244. The van der Waals surface area contributed by atoms with Crippen LogP contribution in [0.5, 0.6) is 0 Å². The van der Waals surface area contributed by atoms with Gasteiger partial charge in [0.1, 0.15) is 0 Å². The van der Waals surface area contributed by atoms with Gasteiger partial charge in [-0.25, -0.2) is 0 Å². The highest BCUT2D eigenvalue weighted by atomic mass is 127. The maximum atomic E-state index is 3.39. The molecule has 0 aromatic heterocycles. The first-order chi connectivity index (χ1) is 2.27. The maximum Gasteiger partial charge on any atom is 0.0286 e. The van der Waals surface area contributed by atoms with Crippen LogP contribution in [0.4, 0.5) is 0 Å². The summed E-state index contributed by atoms with van der Waals surface area (Å²) in [7, 11) is 0. The Morgan fingerprint density at radius 3 is 2.20 bits per heavy atom. The topological polar surface area (TPSA) is 0 Å². The molecule has 0 nitrogen and oxygen atoms in total. The monoisotopic (exact) mass is 180 g/mol. The van der Waals surface area contributed by atoms with E-state index in [1.165, 1.54) is 0 Å². The van der Waals surface area contributed by atoms with Gasteiger partial charge in [-0.3, -0.25) is 0 Å². The summed E-state index contributed by atoms with van der Waals surface area (Å²) in [6, 6.07) is 0. The Morgan fingerprint density at radius 1 is 2.00 bits per heavy atom. The highest BCUT2D eigenvalue weighted by Crippen LogP contribution is 1.96. The molecule has 0 aliphatic carbocycles. The Kier molecular flexibility index (Phi) is 2.61. The average Bonchev–Trinajstić information content (AvgIpc) is 1.38. The summed E-state index contributed by atoms with van der Waals surface area (Å²) in [6.07, 6.45) is 0. The molecule has 0 amide bonds. The minimum absolute atomic E-state index is 1.11. The van der Waals surface area contributed by atoms with Crippen molar-refractivity contribution in [2.24, 2.45) is 0 Å². The zero-order chi connectivity index (χ0) is 4.28. The van der Waals surface area contributed by atoms with Crippen molar-refractivity contribution in [1.82, 2.24) is 0 Å². The van der Waals surface area contributed by atoms with Crippen LogP contribution in [0.1, 0.15) is 6.92 Å². The van der Waals surface area contributed by atoms with E-state index in [9.17, 15) is 0 Å². The summed E-state index contributed by atoms with van der Waals surface area (Å²) in [5.74, 6) is 0. The fourth-order valence-corrected chi connectivity index (χ4v) is 0. The van der Waals surface area contributed by atoms with Crippen LogP contribution >= 0.6 is 22.6 Å². The smallest absolute Gasteiger partial charge is 0.0286 e. The van der Waals surface area contributed by atoms with Crippen molar-refractivity contribution in [2.75, 3.05) is 0 Å². The third kappa shape index (κ3) is 4.25. The summed E-state index contributed by atoms with van der Waals surface area (Å²) >= 11 is 2.15. The van der Waals surface area contributed by atoms with Gasteiger partial charge in [0.2, 0.25) is 0 Å². The molecule has 0 fully saturated rings. The fourth-order valence-electron chi connectivity index (χ4n) is 0. The zero-order valence-corrected chi connectivity index (χ0v) is 5.24. The maximum absolute atomic E-state index is 3.39. The molecule has 0 aliphatic heterocycles. The lowest BCUT2D eigenvalue weighted by Crippen LogP contribution is -1.37. The summed E-state index contributed by atoms with van der Waals surface area (Å²) in [6.45, 7) is 5.34. The summed E-state index contributed by atoms with van der Waals surface area (Å²) < 4.78 is 1.11. The largest absolute Gasteiger partial charge is 0.119 e. The van der Waals surface area contributed by atoms with Gasteiger partial charge in [0.15, 0.2) is 0 Å². The quantitative estimate of drug-likeness (QED) is 0.395. The first kappa shape index (κ1) is 5.25. The molecule has 0 spiro atoms. The molecule has 0 aromatic rings. The minimum atomic E-state index is 1.11. The van der Waals surface area contributed by atoms with Gasteiger partial charge in [0.05, 0.1) is 0 Å². The molecule has 0 atom stereocenters. The Morgan fingerprint density at radius 2 is 2.20 bits per heavy atom. The van der Waals surface area contributed by atoms with E-state index in [1.54, 1.807) is 0 Å². The summed E-state index contributed by atoms with van der Waals surface area (Å²) in [5.41, 5.74) is 2.68. The van der Waals surface area contributed by atoms with Crippen LogP contribution in [-0.4, -0.2) is 0 Å². The van der Waals surface area contributed by atoms with Crippen LogP contribution in [0.15, 0.2) is 15.9 Å². The summed E-state index contributed by atoms with van der Waals surface area (Å²) in [4.78, 5) is 0. The molecule has 1 heteroatoms. The molecule has 0 N–H and O–H groups in total. The van der Waals surface area contributed by atoms with E-state index in [0.29, 0.717) is 0 Å². The second-order valence-corrected chi connectivity index (χ2v) is 2.33. The van der Waals surface area contributed by atoms with Crippen LogP contribution in [0, 0.1) is 0 Å². The molecule has 0 bridgehead atoms. The third-order valence-corrected chi connectivity index (χ3v) is 0.625. The number of allylic oxidation sites excluding steroid dienone is 1. The van der Waals surface area contributed by atoms with Gasteiger partial charge in [0.25, 0.3) is 0 Å². The molecule has 0 rings (SSSR count). The van der Waals surface area contributed by atoms with Crippen LogP contribution < -0.4 is 0 Å². The number of rotatable bonds is 0. The van der Waals surface area contributed by atoms with Crippen molar-refractivity contribution >= 4 is 22.6 Å². The predicted molar refractivity (Wildman–Crippen MR) is 32.3 cm³/mol. The second kappa shape index (κ2) is 2.49. The molecule has 0 heterocycles. The van der Waals surface area contributed by atoms with Crippen molar-refractivity contribution in [1.29, 1.82) is 0 Å². The number of halogens is 1. The first-order valence-corrected chi connectivity index (χ1v) is 2.37. The molecule has 0 aromatic carbocycles. The average molecular weight is 180 g/mol. The van der Waals surface area contributed by atoms with Gasteiger partial charge in [0, 0.05) is 3.58 Å². The van der Waals surface area contributed by atoms with E-state index in [-0.39, 0.29) is 0 Å². The van der Waals surface area contributed by atoms with Crippen LogP contribution in [0.3, 0.4) is 0 Å². The molecule has 0 saturated carbocycles. The molecular weight excluding hydrogens is 175 g/mol. The van der Waals surface area contributed by atoms with Crippen molar-refractivity contribution in [2.45, 2.75) is 6.92 Å². The molecule has 5 heavy (non-hydrogen) atoms. The fraction of sp³-hybridized carbons (Fsp3) is 0.250. The number of hydrogen-bond donors (Lipinski definition) is 0. The van der Waals surface area contributed by atoms with E-state index in [1.807, 2.05) is 6.92 Å². The molecule has 0 radical (unpaired) electrons. The minimum Gasteiger partial charge on any atom is -0.119 e. The zero-order valence-electron chi connectivity index (χ0n) is 3.09. The van der Waals surface area contributed by atoms with Gasteiger partial charge in [-0.1, -0.05) is 6.58 Å². The predicted octanol–water partition coefficient (Wildman–Crippen LogP) is 2.11. The number of hydrogen-bond acceptors (Lipinski definition) is 0. The molecular formula is C4H5I.